The van der Waals surface area contributed by atoms with Crippen LogP contribution in [0, 0.1) is 0 Å². The summed E-state index contributed by atoms with van der Waals surface area (Å²) in [6, 6.07) is 10.6. The summed E-state index contributed by atoms with van der Waals surface area (Å²) in [7, 11) is 2.19. The summed E-state index contributed by atoms with van der Waals surface area (Å²) in [6.07, 6.45) is 5.33. The third-order valence-electron chi connectivity index (χ3n) is 2.98. The van der Waals surface area contributed by atoms with Gasteiger partial charge in [-0.2, -0.15) is 0 Å². The van der Waals surface area contributed by atoms with Crippen molar-refractivity contribution in [3.05, 3.63) is 61.5 Å². The Labute approximate surface area is 117 Å². The molecule has 0 aliphatic carbocycles. The maximum Gasteiger partial charge on any atom is 0.0867 e. The van der Waals surface area contributed by atoms with E-state index in [1.54, 1.807) is 0 Å². The summed E-state index contributed by atoms with van der Waals surface area (Å²) in [5.41, 5.74) is 1.39. The second kappa shape index (κ2) is 9.22. The van der Waals surface area contributed by atoms with Crippen LogP contribution in [-0.2, 0) is 6.54 Å². The van der Waals surface area contributed by atoms with E-state index < -0.39 is 0 Å². The van der Waals surface area contributed by atoms with Gasteiger partial charge in [-0.25, -0.2) is 0 Å². The minimum absolute atomic E-state index is 0.961. The van der Waals surface area contributed by atoms with Crippen molar-refractivity contribution in [3.63, 3.8) is 0 Å². The lowest BCUT2D eigenvalue weighted by molar-refractivity contribution is 0.292. The maximum absolute atomic E-state index is 3.18. The number of nitrogens with one attached hydrogen (secondary N) is 1. The molecule has 0 spiro atoms. The van der Waals surface area contributed by atoms with Gasteiger partial charge in [-0.05, 0) is 25.6 Å². The predicted molar refractivity (Wildman–Crippen MR) is 82.5 cm³/mol. The summed E-state index contributed by atoms with van der Waals surface area (Å²) in [6.45, 7) is 10.3. The second-order valence-electron chi connectivity index (χ2n) is 4.57. The fourth-order valence-corrected chi connectivity index (χ4v) is 2.05. The van der Waals surface area contributed by atoms with Crippen LogP contribution in [0.4, 0.5) is 0 Å². The number of hydrogen-bond donors (Lipinski definition) is 1. The number of benzene rings is 1. The standard InChI is InChI=1S/C14H21N3.C2H4/c1-16(12-14-6-3-2-4-7-14)9-5-10-17-11-8-15-13-17;1-2/h2-4,6-8,11,15H,5,9-10,12-13H2,1H3;1-2H2. The Bertz CT molecular complexity index is 362. The molecule has 0 bridgehead atoms. The molecule has 0 unspecified atom stereocenters. The molecule has 0 radical (unpaired) electrons. The molecule has 0 fully saturated rings. The lowest BCUT2D eigenvalue weighted by atomic mass is 10.2. The van der Waals surface area contributed by atoms with Gasteiger partial charge < -0.3 is 15.1 Å². The van der Waals surface area contributed by atoms with Crippen molar-refractivity contribution < 1.29 is 0 Å². The van der Waals surface area contributed by atoms with Gasteiger partial charge in [-0.3, -0.25) is 0 Å². The Morgan fingerprint density at radius 3 is 2.63 bits per heavy atom. The third kappa shape index (κ3) is 6.11. The van der Waals surface area contributed by atoms with Crippen molar-refractivity contribution in [2.75, 3.05) is 26.8 Å². The Balaban J connectivity index is 0.000000861. The Hall–Kier alpha value is -1.74. The average molecular weight is 259 g/mol. The molecule has 0 amide bonds. The molecule has 19 heavy (non-hydrogen) atoms. The van der Waals surface area contributed by atoms with Gasteiger partial charge in [-0.15, -0.1) is 13.2 Å². The number of hydrogen-bond acceptors (Lipinski definition) is 3. The van der Waals surface area contributed by atoms with Crippen LogP contribution in [0.25, 0.3) is 0 Å². The molecule has 1 aromatic rings. The van der Waals surface area contributed by atoms with Crippen molar-refractivity contribution >= 4 is 0 Å². The highest BCUT2D eigenvalue weighted by molar-refractivity contribution is 5.14. The molecule has 0 atom stereocenters. The molecule has 2 rings (SSSR count). The van der Waals surface area contributed by atoms with Crippen LogP contribution in [0.5, 0.6) is 0 Å². The van der Waals surface area contributed by atoms with Gasteiger partial charge in [0.2, 0.25) is 0 Å². The smallest absolute Gasteiger partial charge is 0.0867 e. The first kappa shape index (κ1) is 15.3. The summed E-state index contributed by atoms with van der Waals surface area (Å²) >= 11 is 0. The highest BCUT2D eigenvalue weighted by atomic mass is 15.2. The summed E-state index contributed by atoms with van der Waals surface area (Å²) in [4.78, 5) is 4.68. The van der Waals surface area contributed by atoms with Crippen molar-refractivity contribution in [1.82, 2.24) is 15.1 Å². The van der Waals surface area contributed by atoms with Gasteiger partial charge in [-0.1, -0.05) is 30.3 Å². The Kier molecular flexibility index (Phi) is 7.44. The molecule has 3 nitrogen and oxygen atoms in total. The fraction of sp³-hybridized carbons (Fsp3) is 0.375. The van der Waals surface area contributed by atoms with Crippen LogP contribution < -0.4 is 5.32 Å². The minimum Gasteiger partial charge on any atom is -0.373 e. The van der Waals surface area contributed by atoms with Crippen LogP contribution in [-0.4, -0.2) is 36.6 Å². The van der Waals surface area contributed by atoms with Crippen LogP contribution in [0.15, 0.2) is 55.9 Å². The second-order valence-corrected chi connectivity index (χ2v) is 4.57. The Morgan fingerprint density at radius 2 is 2.00 bits per heavy atom. The highest BCUT2D eigenvalue weighted by Gasteiger charge is 2.04. The monoisotopic (exact) mass is 259 g/mol. The molecule has 3 heteroatoms. The first-order chi connectivity index (χ1) is 9.34. The lowest BCUT2D eigenvalue weighted by Gasteiger charge is -2.19. The van der Waals surface area contributed by atoms with Gasteiger partial charge in [0, 0.05) is 25.5 Å². The van der Waals surface area contributed by atoms with E-state index >= 15 is 0 Å². The molecule has 1 aromatic carbocycles. The zero-order chi connectivity index (χ0) is 13.9. The molecule has 0 saturated carbocycles. The molecular weight excluding hydrogens is 234 g/mol. The summed E-state index contributed by atoms with van der Waals surface area (Å²) in [5, 5.41) is 3.18. The third-order valence-corrected chi connectivity index (χ3v) is 2.98. The van der Waals surface area contributed by atoms with E-state index in [0.717, 1.165) is 26.3 Å². The maximum atomic E-state index is 3.18. The first-order valence-corrected chi connectivity index (χ1v) is 6.71. The molecule has 1 aliphatic heterocycles. The van der Waals surface area contributed by atoms with Gasteiger partial charge in [0.15, 0.2) is 0 Å². The van der Waals surface area contributed by atoms with Crippen molar-refractivity contribution in [2.24, 2.45) is 0 Å². The highest BCUT2D eigenvalue weighted by Crippen LogP contribution is 2.04. The van der Waals surface area contributed by atoms with Gasteiger partial charge in [0.25, 0.3) is 0 Å². The van der Waals surface area contributed by atoms with Gasteiger partial charge in [0.1, 0.15) is 0 Å². The molecule has 0 saturated heterocycles. The van der Waals surface area contributed by atoms with Gasteiger partial charge in [0.05, 0.1) is 6.67 Å². The minimum atomic E-state index is 0.961. The SMILES string of the molecule is C=C.CN(CCCN1C=CNC1)Cc1ccccc1. The van der Waals surface area contributed by atoms with Crippen LogP contribution in [0.1, 0.15) is 12.0 Å². The lowest BCUT2D eigenvalue weighted by Crippen LogP contribution is -2.26. The van der Waals surface area contributed by atoms with E-state index in [9.17, 15) is 0 Å². The number of nitrogens with zero attached hydrogens (tertiary/aromatic N) is 2. The molecule has 1 aliphatic rings. The van der Waals surface area contributed by atoms with E-state index in [1.165, 1.54) is 12.0 Å². The fourth-order valence-electron chi connectivity index (χ4n) is 2.05. The van der Waals surface area contributed by atoms with E-state index in [0.29, 0.717) is 0 Å². The van der Waals surface area contributed by atoms with E-state index in [-0.39, 0.29) is 0 Å². The van der Waals surface area contributed by atoms with Crippen LogP contribution >= 0.6 is 0 Å². The summed E-state index contributed by atoms with van der Waals surface area (Å²) < 4.78 is 0. The average Bonchev–Trinajstić information content (AvgIpc) is 2.95. The van der Waals surface area contributed by atoms with Crippen molar-refractivity contribution in [2.45, 2.75) is 13.0 Å². The van der Waals surface area contributed by atoms with E-state index in [1.807, 2.05) is 6.20 Å². The van der Waals surface area contributed by atoms with Crippen LogP contribution in [0.2, 0.25) is 0 Å². The predicted octanol–water partition coefficient (Wildman–Crippen LogP) is 2.64. The quantitative estimate of drug-likeness (QED) is 0.792. The largest absolute Gasteiger partial charge is 0.373 e. The molecule has 0 aromatic heterocycles. The van der Waals surface area contributed by atoms with Gasteiger partial charge >= 0.3 is 0 Å². The summed E-state index contributed by atoms with van der Waals surface area (Å²) in [5.74, 6) is 0. The van der Waals surface area contributed by atoms with E-state index in [2.05, 4.69) is 71.9 Å². The molecular formula is C16H25N3. The normalized spacial score (nSPS) is 13.1. The topological polar surface area (TPSA) is 18.5 Å². The van der Waals surface area contributed by atoms with Crippen molar-refractivity contribution in [3.8, 4) is 0 Å². The molecule has 104 valence electrons. The Morgan fingerprint density at radius 1 is 1.26 bits per heavy atom. The zero-order valence-corrected chi connectivity index (χ0v) is 11.9. The molecule has 1 N–H and O–H groups in total. The van der Waals surface area contributed by atoms with E-state index in [4.69, 9.17) is 0 Å². The molecule has 1 heterocycles. The number of rotatable bonds is 6. The zero-order valence-electron chi connectivity index (χ0n) is 11.9. The van der Waals surface area contributed by atoms with Crippen molar-refractivity contribution in [1.29, 1.82) is 0 Å². The van der Waals surface area contributed by atoms with Crippen LogP contribution in [0.3, 0.4) is 0 Å². The first-order valence-electron chi connectivity index (χ1n) is 6.71.